The van der Waals surface area contributed by atoms with Gasteiger partial charge in [0.1, 0.15) is 0 Å². The predicted molar refractivity (Wildman–Crippen MR) is 43.9 cm³/mol. The number of rotatable bonds is 2. The van der Waals surface area contributed by atoms with Crippen molar-refractivity contribution in [2.75, 3.05) is 0 Å². The van der Waals surface area contributed by atoms with Crippen LogP contribution in [0.25, 0.3) is 0 Å². The Kier molecular flexibility index (Phi) is 38.9. The molecule has 6 heteroatoms. The number of carboxylic acid groups (broad SMARTS) is 1. The third-order valence-electron chi connectivity index (χ3n) is 0.451. The molecule has 0 unspecified atom stereocenters. The average molecular weight is 171 g/mol. The van der Waals surface area contributed by atoms with Crippen LogP contribution in [0.3, 0.4) is 0 Å². The van der Waals surface area contributed by atoms with Crippen molar-refractivity contribution >= 4 is 94.6 Å². The summed E-state index contributed by atoms with van der Waals surface area (Å²) in [7, 11) is 0. The monoisotopic (exact) mass is 171 g/mol. The topological polar surface area (TPSA) is 61.1 Å². The summed E-state index contributed by atoms with van der Waals surface area (Å²) in [4.78, 5) is 9.61. The summed E-state index contributed by atoms with van der Waals surface area (Å²) in [6.45, 7) is 0. The van der Waals surface area contributed by atoms with E-state index in [4.69, 9.17) is 10.4 Å². The summed E-state index contributed by atoms with van der Waals surface area (Å²) in [5, 5.41) is 15.7. The van der Waals surface area contributed by atoms with Crippen molar-refractivity contribution in [3.8, 4) is 6.07 Å². The SMILES string of the molecule is N#CCCC(=O)O.[NaH].[NaH].[NaH]. The van der Waals surface area contributed by atoms with Gasteiger partial charge in [0, 0.05) is 6.42 Å². The van der Waals surface area contributed by atoms with Gasteiger partial charge in [0.05, 0.1) is 12.5 Å². The van der Waals surface area contributed by atoms with Gasteiger partial charge in [0.2, 0.25) is 0 Å². The maximum absolute atomic E-state index is 9.61. The van der Waals surface area contributed by atoms with Gasteiger partial charge in [0.25, 0.3) is 0 Å². The number of hydrogen-bond acceptors (Lipinski definition) is 2. The van der Waals surface area contributed by atoms with Crippen LogP contribution in [-0.4, -0.2) is 99.7 Å². The van der Waals surface area contributed by atoms with E-state index in [0.29, 0.717) is 0 Å². The molecule has 0 atom stereocenters. The standard InChI is InChI=1S/C4H5NO2.3Na.3H/c5-3-1-2-4(6)7;;;;;;/h1-2H2,(H,6,7);;;;;;. The molecule has 0 amide bonds. The van der Waals surface area contributed by atoms with E-state index in [1.54, 1.807) is 6.07 Å². The number of carboxylic acids is 1. The zero-order valence-corrected chi connectivity index (χ0v) is 3.72. The van der Waals surface area contributed by atoms with Gasteiger partial charge in [-0.15, -0.1) is 0 Å². The zero-order valence-electron chi connectivity index (χ0n) is 3.72. The van der Waals surface area contributed by atoms with Crippen LogP contribution in [-0.2, 0) is 4.79 Å². The molecule has 0 rings (SSSR count). The van der Waals surface area contributed by atoms with E-state index >= 15 is 0 Å². The first-order chi connectivity index (χ1) is 3.27. The van der Waals surface area contributed by atoms with Crippen molar-refractivity contribution in [3.63, 3.8) is 0 Å². The molecule has 0 aromatic heterocycles. The van der Waals surface area contributed by atoms with Crippen LogP contribution in [0.15, 0.2) is 0 Å². The molecule has 1 N–H and O–H groups in total. The molecular formula is C4H8NNa3O2. The minimum atomic E-state index is -0.915. The number of hydrogen-bond donors (Lipinski definition) is 1. The second-order valence-corrected chi connectivity index (χ2v) is 1.05. The van der Waals surface area contributed by atoms with Crippen molar-refractivity contribution in [2.45, 2.75) is 12.8 Å². The van der Waals surface area contributed by atoms with E-state index in [9.17, 15) is 4.79 Å². The van der Waals surface area contributed by atoms with Gasteiger partial charge in [-0.3, -0.25) is 4.79 Å². The molecule has 0 aromatic carbocycles. The van der Waals surface area contributed by atoms with Crippen LogP contribution in [0.4, 0.5) is 0 Å². The Morgan fingerprint density at radius 1 is 1.40 bits per heavy atom. The third kappa shape index (κ3) is 22.5. The van der Waals surface area contributed by atoms with E-state index < -0.39 is 5.97 Å². The van der Waals surface area contributed by atoms with Crippen LogP contribution in [0.5, 0.6) is 0 Å². The fourth-order valence-corrected chi connectivity index (χ4v) is 0.163. The molecule has 0 aliphatic heterocycles. The van der Waals surface area contributed by atoms with E-state index in [1.807, 2.05) is 0 Å². The molecule has 0 fully saturated rings. The van der Waals surface area contributed by atoms with Crippen molar-refractivity contribution in [3.05, 3.63) is 0 Å². The molecule has 0 aromatic rings. The number of carbonyl (C=O) groups is 1. The summed E-state index contributed by atoms with van der Waals surface area (Å²) in [6.07, 6.45) is 0.0613. The molecule has 0 aliphatic rings. The Balaban J connectivity index is -0.0000000600. The Hall–Kier alpha value is 1.96. The minimum absolute atomic E-state index is 0. The Morgan fingerprint density at radius 3 is 1.90 bits per heavy atom. The van der Waals surface area contributed by atoms with E-state index in [-0.39, 0.29) is 102 Å². The van der Waals surface area contributed by atoms with Crippen molar-refractivity contribution < 1.29 is 9.90 Å². The van der Waals surface area contributed by atoms with Gasteiger partial charge >= 0.3 is 94.6 Å². The molecule has 0 aliphatic carbocycles. The summed E-state index contributed by atoms with van der Waals surface area (Å²) in [6, 6.07) is 1.72. The molecule has 0 heterocycles. The van der Waals surface area contributed by atoms with Crippen molar-refractivity contribution in [1.82, 2.24) is 0 Å². The Morgan fingerprint density at radius 2 is 1.80 bits per heavy atom. The third-order valence-corrected chi connectivity index (χ3v) is 0.451. The summed E-state index contributed by atoms with van der Waals surface area (Å²) >= 11 is 0. The van der Waals surface area contributed by atoms with Gasteiger partial charge in [0.15, 0.2) is 0 Å². The van der Waals surface area contributed by atoms with Gasteiger partial charge in [-0.25, -0.2) is 0 Å². The molecule has 0 saturated heterocycles. The predicted octanol–water partition coefficient (Wildman–Crippen LogP) is -1.57. The fourth-order valence-electron chi connectivity index (χ4n) is 0.163. The fraction of sp³-hybridized carbons (Fsp3) is 0.500. The molecule has 0 bridgehead atoms. The first-order valence-corrected chi connectivity index (χ1v) is 1.86. The van der Waals surface area contributed by atoms with E-state index in [1.165, 1.54) is 0 Å². The van der Waals surface area contributed by atoms with Crippen LogP contribution < -0.4 is 0 Å². The zero-order chi connectivity index (χ0) is 5.70. The first-order valence-electron chi connectivity index (χ1n) is 1.86. The second kappa shape index (κ2) is 17.2. The Bertz CT molecular complexity index is 112. The van der Waals surface area contributed by atoms with Gasteiger partial charge in [-0.1, -0.05) is 0 Å². The maximum atomic E-state index is 9.61. The first kappa shape index (κ1) is 22.7. The van der Waals surface area contributed by atoms with Gasteiger partial charge in [-0.05, 0) is 0 Å². The van der Waals surface area contributed by atoms with Gasteiger partial charge in [-0.2, -0.15) is 5.26 Å². The summed E-state index contributed by atoms with van der Waals surface area (Å²) < 4.78 is 0. The molecule has 44 valence electrons. The summed E-state index contributed by atoms with van der Waals surface area (Å²) in [5.41, 5.74) is 0. The number of aliphatic carboxylic acids is 1. The van der Waals surface area contributed by atoms with Crippen molar-refractivity contribution in [2.24, 2.45) is 0 Å². The number of nitriles is 1. The molecule has 10 heavy (non-hydrogen) atoms. The van der Waals surface area contributed by atoms with Crippen LogP contribution in [0.1, 0.15) is 12.8 Å². The quantitative estimate of drug-likeness (QED) is 0.510. The number of nitrogens with zero attached hydrogens (tertiary/aromatic N) is 1. The normalized spacial score (nSPS) is 5.10. The van der Waals surface area contributed by atoms with Crippen molar-refractivity contribution in [1.29, 1.82) is 5.26 Å². The molecule has 0 saturated carbocycles. The molecular weight excluding hydrogens is 163 g/mol. The van der Waals surface area contributed by atoms with Crippen LogP contribution >= 0.6 is 0 Å². The Labute approximate surface area is 126 Å². The van der Waals surface area contributed by atoms with E-state index in [2.05, 4.69) is 0 Å². The van der Waals surface area contributed by atoms with E-state index in [0.717, 1.165) is 0 Å². The van der Waals surface area contributed by atoms with Crippen LogP contribution in [0, 0.1) is 11.3 Å². The second-order valence-electron chi connectivity index (χ2n) is 1.05. The average Bonchev–Trinajstić information content (AvgIpc) is 1.61. The van der Waals surface area contributed by atoms with Gasteiger partial charge < -0.3 is 5.11 Å². The molecule has 0 spiro atoms. The van der Waals surface area contributed by atoms with Crippen LogP contribution in [0.2, 0.25) is 0 Å². The summed E-state index contributed by atoms with van der Waals surface area (Å²) in [5.74, 6) is -0.915. The molecule has 0 radical (unpaired) electrons. The molecule has 3 nitrogen and oxygen atoms in total.